The summed E-state index contributed by atoms with van der Waals surface area (Å²) in [5.74, 6) is 1.82. The molecule has 0 saturated heterocycles. The van der Waals surface area contributed by atoms with Gasteiger partial charge in [-0.3, -0.25) is 4.90 Å². The van der Waals surface area contributed by atoms with Crippen molar-refractivity contribution in [2.24, 2.45) is 0 Å². The minimum Gasteiger partial charge on any atom is -0.468 e. The highest BCUT2D eigenvalue weighted by atomic mass is 35.5. The monoisotopic (exact) mass is 467 g/mol. The lowest BCUT2D eigenvalue weighted by Crippen LogP contribution is -2.32. The third-order valence-corrected chi connectivity index (χ3v) is 7.28. The third-order valence-electron chi connectivity index (χ3n) is 6.10. The SMILES string of the molecule is Clc1ccc(CN(Cc2ccco2)C(c2cccs2)c2nnnn2C2CCCCC2)cc1. The lowest BCUT2D eigenvalue weighted by molar-refractivity contribution is 0.176. The van der Waals surface area contributed by atoms with E-state index >= 15 is 0 Å². The Morgan fingerprint density at radius 3 is 2.62 bits per heavy atom. The summed E-state index contributed by atoms with van der Waals surface area (Å²) >= 11 is 7.87. The summed E-state index contributed by atoms with van der Waals surface area (Å²) in [6.07, 6.45) is 7.74. The molecule has 5 rings (SSSR count). The number of thiophene rings is 1. The Labute approximate surface area is 196 Å². The predicted octanol–water partition coefficient (Wildman–Crippen LogP) is 6.28. The van der Waals surface area contributed by atoms with Crippen LogP contribution in [0.1, 0.15) is 66.2 Å². The fourth-order valence-corrected chi connectivity index (χ4v) is 5.53. The van der Waals surface area contributed by atoms with Crippen LogP contribution in [0, 0.1) is 0 Å². The van der Waals surface area contributed by atoms with Crippen LogP contribution in [-0.2, 0) is 13.1 Å². The smallest absolute Gasteiger partial charge is 0.174 e. The first-order chi connectivity index (χ1) is 15.8. The zero-order valence-electron chi connectivity index (χ0n) is 17.8. The molecule has 3 aromatic heterocycles. The van der Waals surface area contributed by atoms with Gasteiger partial charge in [0.2, 0.25) is 0 Å². The van der Waals surface area contributed by atoms with Gasteiger partial charge in [-0.05, 0) is 64.5 Å². The molecule has 1 aromatic carbocycles. The van der Waals surface area contributed by atoms with Gasteiger partial charge in [-0.15, -0.1) is 16.4 Å². The number of halogens is 1. The lowest BCUT2D eigenvalue weighted by Gasteiger charge is -2.31. The zero-order valence-corrected chi connectivity index (χ0v) is 19.4. The van der Waals surface area contributed by atoms with E-state index in [0.717, 1.165) is 36.0 Å². The molecule has 1 aliphatic carbocycles. The summed E-state index contributed by atoms with van der Waals surface area (Å²) < 4.78 is 7.82. The summed E-state index contributed by atoms with van der Waals surface area (Å²) in [5.41, 5.74) is 1.18. The summed E-state index contributed by atoms with van der Waals surface area (Å²) in [6, 6.07) is 16.5. The highest BCUT2D eigenvalue weighted by Gasteiger charge is 2.32. The second-order valence-corrected chi connectivity index (χ2v) is 9.72. The van der Waals surface area contributed by atoms with Crippen molar-refractivity contribution < 1.29 is 4.42 Å². The van der Waals surface area contributed by atoms with Gasteiger partial charge in [-0.1, -0.05) is 49.1 Å². The topological polar surface area (TPSA) is 60.0 Å². The van der Waals surface area contributed by atoms with E-state index < -0.39 is 0 Å². The minimum absolute atomic E-state index is 0.0762. The standard InChI is InChI=1S/C24H26ClN5OS/c25-19-12-10-18(11-13-19)16-29(17-21-8-4-14-31-21)23(22-9-5-15-32-22)24-26-27-28-30(24)20-6-2-1-3-7-20/h4-5,8-15,20,23H,1-3,6-7,16-17H2. The van der Waals surface area contributed by atoms with Crippen molar-refractivity contribution in [2.75, 3.05) is 0 Å². The Morgan fingerprint density at radius 1 is 1.06 bits per heavy atom. The first-order valence-corrected chi connectivity index (χ1v) is 12.4. The first kappa shape index (κ1) is 21.4. The fourth-order valence-electron chi connectivity index (χ4n) is 4.55. The molecule has 1 saturated carbocycles. The Balaban J connectivity index is 1.54. The van der Waals surface area contributed by atoms with E-state index in [0.29, 0.717) is 12.6 Å². The van der Waals surface area contributed by atoms with E-state index in [1.807, 2.05) is 24.3 Å². The van der Waals surface area contributed by atoms with E-state index in [2.05, 4.69) is 54.8 Å². The Bertz CT molecular complexity index is 1090. The number of hydrogen-bond acceptors (Lipinski definition) is 6. The second-order valence-electron chi connectivity index (χ2n) is 8.30. The largest absolute Gasteiger partial charge is 0.468 e. The number of aromatic nitrogens is 4. The number of benzene rings is 1. The summed E-state index contributed by atoms with van der Waals surface area (Å²) in [4.78, 5) is 3.61. The van der Waals surface area contributed by atoms with Crippen LogP contribution in [0.25, 0.3) is 0 Å². The van der Waals surface area contributed by atoms with Crippen molar-refractivity contribution in [3.05, 3.63) is 87.2 Å². The molecule has 0 amide bonds. The maximum absolute atomic E-state index is 6.14. The van der Waals surface area contributed by atoms with Gasteiger partial charge in [0.15, 0.2) is 5.82 Å². The van der Waals surface area contributed by atoms with Gasteiger partial charge in [0, 0.05) is 16.4 Å². The quantitative estimate of drug-likeness (QED) is 0.305. The highest BCUT2D eigenvalue weighted by molar-refractivity contribution is 7.10. The first-order valence-electron chi connectivity index (χ1n) is 11.1. The Morgan fingerprint density at radius 2 is 1.91 bits per heavy atom. The Hall–Kier alpha value is -2.48. The molecule has 0 spiro atoms. The fraction of sp³-hybridized carbons (Fsp3) is 0.375. The van der Waals surface area contributed by atoms with Crippen molar-refractivity contribution in [3.8, 4) is 0 Å². The molecule has 1 fully saturated rings. The molecule has 1 aliphatic rings. The molecule has 1 atom stereocenters. The highest BCUT2D eigenvalue weighted by Crippen LogP contribution is 2.36. The molecule has 0 radical (unpaired) electrons. The van der Waals surface area contributed by atoms with Gasteiger partial charge in [-0.2, -0.15) is 0 Å². The summed E-state index contributed by atoms with van der Waals surface area (Å²) in [7, 11) is 0. The average molecular weight is 468 g/mol. The predicted molar refractivity (Wildman–Crippen MR) is 126 cm³/mol. The molecule has 8 heteroatoms. The van der Waals surface area contributed by atoms with Crippen molar-refractivity contribution >= 4 is 22.9 Å². The van der Waals surface area contributed by atoms with Crippen LogP contribution in [0.3, 0.4) is 0 Å². The molecule has 166 valence electrons. The molecule has 0 bridgehead atoms. The van der Waals surface area contributed by atoms with Crippen molar-refractivity contribution in [1.29, 1.82) is 0 Å². The normalized spacial score (nSPS) is 15.9. The lowest BCUT2D eigenvalue weighted by atomic mass is 9.95. The summed E-state index contributed by atoms with van der Waals surface area (Å²) in [5, 5.41) is 16.0. The number of hydrogen-bond donors (Lipinski definition) is 0. The molecule has 4 aromatic rings. The van der Waals surface area contributed by atoms with Gasteiger partial charge in [0.05, 0.1) is 18.8 Å². The van der Waals surface area contributed by atoms with E-state index in [4.69, 9.17) is 16.0 Å². The van der Waals surface area contributed by atoms with Crippen molar-refractivity contribution in [2.45, 2.75) is 57.3 Å². The van der Waals surface area contributed by atoms with Crippen LogP contribution < -0.4 is 0 Å². The van der Waals surface area contributed by atoms with Gasteiger partial charge in [-0.25, -0.2) is 4.68 Å². The second kappa shape index (κ2) is 9.98. The molecular weight excluding hydrogens is 442 g/mol. The molecular formula is C24H26ClN5OS. The molecule has 0 N–H and O–H groups in total. The maximum Gasteiger partial charge on any atom is 0.174 e. The van der Waals surface area contributed by atoms with E-state index in [9.17, 15) is 0 Å². The van der Waals surface area contributed by atoms with Crippen molar-refractivity contribution in [1.82, 2.24) is 25.1 Å². The molecule has 0 aliphatic heterocycles. The van der Waals surface area contributed by atoms with E-state index in [1.54, 1.807) is 17.6 Å². The number of rotatable bonds is 8. The van der Waals surface area contributed by atoms with Gasteiger partial charge in [0.25, 0.3) is 0 Å². The third kappa shape index (κ3) is 4.80. The molecule has 1 unspecified atom stereocenters. The number of nitrogens with zero attached hydrogens (tertiary/aromatic N) is 5. The molecule has 32 heavy (non-hydrogen) atoms. The van der Waals surface area contributed by atoms with Crippen LogP contribution in [0.2, 0.25) is 5.02 Å². The summed E-state index contributed by atoms with van der Waals surface area (Å²) in [6.45, 7) is 1.37. The van der Waals surface area contributed by atoms with E-state index in [-0.39, 0.29) is 6.04 Å². The minimum atomic E-state index is -0.0762. The van der Waals surface area contributed by atoms with E-state index in [1.165, 1.54) is 29.7 Å². The van der Waals surface area contributed by atoms with Crippen molar-refractivity contribution in [3.63, 3.8) is 0 Å². The molecule has 6 nitrogen and oxygen atoms in total. The van der Waals surface area contributed by atoms with Crippen LogP contribution in [0.4, 0.5) is 0 Å². The average Bonchev–Trinajstić information content (AvgIpc) is 3.60. The van der Waals surface area contributed by atoms with Crippen LogP contribution in [-0.4, -0.2) is 25.1 Å². The number of furan rings is 1. The Kier molecular flexibility index (Phi) is 6.67. The van der Waals surface area contributed by atoms with Crippen LogP contribution >= 0.6 is 22.9 Å². The van der Waals surface area contributed by atoms with Crippen LogP contribution in [0.5, 0.6) is 0 Å². The van der Waals surface area contributed by atoms with Crippen LogP contribution in [0.15, 0.2) is 64.6 Å². The van der Waals surface area contributed by atoms with Gasteiger partial charge >= 0.3 is 0 Å². The van der Waals surface area contributed by atoms with Gasteiger partial charge in [0.1, 0.15) is 11.8 Å². The molecule has 3 heterocycles. The zero-order chi connectivity index (χ0) is 21.8. The number of tetrazole rings is 1. The van der Waals surface area contributed by atoms with Gasteiger partial charge < -0.3 is 4.42 Å². The maximum atomic E-state index is 6.14.